The number of anilines is 1. The Hall–Kier alpha value is -2.38. The van der Waals surface area contributed by atoms with Crippen LogP contribution < -0.4 is 10.0 Å². The Labute approximate surface area is 159 Å². The fourth-order valence-corrected chi connectivity index (χ4v) is 4.65. The number of carboxylic acid groups (broad SMARTS) is 1. The highest BCUT2D eigenvalue weighted by Crippen LogP contribution is 2.27. The summed E-state index contributed by atoms with van der Waals surface area (Å²) in [4.78, 5) is 11.6. The Morgan fingerprint density at radius 3 is 2.41 bits per heavy atom. The second kappa shape index (κ2) is 8.10. The number of sulfonamides is 1. The van der Waals surface area contributed by atoms with Crippen LogP contribution in [0.4, 0.5) is 5.69 Å². The number of nitrogens with one attached hydrogen (secondary N) is 2. The number of aromatic carboxylic acids is 1. The van der Waals surface area contributed by atoms with Gasteiger partial charge < -0.3 is 10.4 Å². The Morgan fingerprint density at radius 1 is 1.11 bits per heavy atom. The Kier molecular flexibility index (Phi) is 5.82. The highest BCUT2D eigenvalue weighted by atomic mass is 32.2. The van der Waals surface area contributed by atoms with E-state index >= 15 is 0 Å². The smallest absolute Gasteiger partial charge is 0.337 e. The zero-order valence-electron chi connectivity index (χ0n) is 15.2. The summed E-state index contributed by atoms with van der Waals surface area (Å²) >= 11 is 0. The summed E-state index contributed by atoms with van der Waals surface area (Å²) in [5.41, 5.74) is 1.26. The van der Waals surface area contributed by atoms with Crippen molar-refractivity contribution in [3.05, 3.63) is 59.7 Å². The minimum absolute atomic E-state index is 0.0304. The van der Waals surface area contributed by atoms with Crippen LogP contribution in [-0.4, -0.2) is 25.5 Å². The lowest BCUT2D eigenvalue weighted by Crippen LogP contribution is -2.27. The molecule has 7 heteroatoms. The summed E-state index contributed by atoms with van der Waals surface area (Å²) < 4.78 is 28.1. The average Bonchev–Trinajstić information content (AvgIpc) is 3.15. The molecule has 2 aromatic rings. The van der Waals surface area contributed by atoms with Gasteiger partial charge in [0.2, 0.25) is 10.0 Å². The zero-order chi connectivity index (χ0) is 19.4. The first-order valence-corrected chi connectivity index (χ1v) is 10.6. The zero-order valence-corrected chi connectivity index (χ0v) is 16.0. The predicted octanol–water partition coefficient (Wildman–Crippen LogP) is 3.78. The van der Waals surface area contributed by atoms with E-state index in [2.05, 4.69) is 10.0 Å². The highest BCUT2D eigenvalue weighted by molar-refractivity contribution is 7.89. The van der Waals surface area contributed by atoms with Gasteiger partial charge in [-0.05, 0) is 43.5 Å². The van der Waals surface area contributed by atoms with Crippen LogP contribution in [-0.2, 0) is 10.0 Å². The average molecular weight is 388 g/mol. The first-order chi connectivity index (χ1) is 12.9. The van der Waals surface area contributed by atoms with Crippen LogP contribution in [0.3, 0.4) is 0 Å². The molecule has 3 N–H and O–H groups in total. The van der Waals surface area contributed by atoms with Gasteiger partial charge in [0.1, 0.15) is 0 Å². The van der Waals surface area contributed by atoms with Gasteiger partial charge in [-0.2, -0.15) is 0 Å². The second-order valence-corrected chi connectivity index (χ2v) is 8.61. The van der Waals surface area contributed by atoms with Gasteiger partial charge in [0.15, 0.2) is 0 Å². The van der Waals surface area contributed by atoms with E-state index in [9.17, 15) is 18.3 Å². The summed E-state index contributed by atoms with van der Waals surface area (Å²) in [7, 11) is -3.85. The van der Waals surface area contributed by atoms with Crippen molar-refractivity contribution in [3.8, 4) is 0 Å². The molecule has 3 rings (SSSR count). The third kappa shape index (κ3) is 4.67. The minimum Gasteiger partial charge on any atom is -0.478 e. The largest absolute Gasteiger partial charge is 0.478 e. The summed E-state index contributed by atoms with van der Waals surface area (Å²) in [5, 5.41) is 12.8. The van der Waals surface area contributed by atoms with Crippen molar-refractivity contribution in [1.82, 2.24) is 4.72 Å². The van der Waals surface area contributed by atoms with E-state index in [1.807, 2.05) is 30.3 Å². The van der Waals surface area contributed by atoms with Crippen molar-refractivity contribution < 1.29 is 18.3 Å². The number of hydrogen-bond donors (Lipinski definition) is 3. The topological polar surface area (TPSA) is 95.5 Å². The van der Waals surface area contributed by atoms with Crippen LogP contribution in [0, 0.1) is 0 Å². The molecule has 144 valence electrons. The van der Waals surface area contributed by atoms with Gasteiger partial charge in [0.05, 0.1) is 10.5 Å². The molecular formula is C20H24N2O4S. The van der Waals surface area contributed by atoms with E-state index in [4.69, 9.17) is 0 Å². The molecule has 0 amide bonds. The molecule has 1 aliphatic rings. The van der Waals surface area contributed by atoms with Gasteiger partial charge in [-0.25, -0.2) is 17.9 Å². The fraction of sp³-hybridized carbons (Fsp3) is 0.350. The Bertz CT molecular complexity index is 907. The lowest BCUT2D eigenvalue weighted by Gasteiger charge is -2.18. The standard InChI is InChI=1S/C20H24N2O4S/c1-14(15-7-3-2-4-8-15)22-27(25,26)17-11-12-19(18(13-17)20(23)24)21-16-9-5-6-10-16/h2-4,7-8,11-14,16,21-22H,5-6,9-10H2,1H3,(H,23,24). The van der Waals surface area contributed by atoms with Crippen molar-refractivity contribution in [1.29, 1.82) is 0 Å². The molecule has 1 unspecified atom stereocenters. The van der Waals surface area contributed by atoms with E-state index in [1.54, 1.807) is 13.0 Å². The van der Waals surface area contributed by atoms with Crippen LogP contribution in [0.1, 0.15) is 54.6 Å². The fourth-order valence-electron chi connectivity index (χ4n) is 3.39. The van der Waals surface area contributed by atoms with Gasteiger partial charge in [-0.1, -0.05) is 43.2 Å². The van der Waals surface area contributed by atoms with Crippen molar-refractivity contribution in [2.24, 2.45) is 0 Å². The van der Waals surface area contributed by atoms with Gasteiger partial charge in [0, 0.05) is 17.8 Å². The van der Waals surface area contributed by atoms with Crippen LogP contribution in [0.25, 0.3) is 0 Å². The molecule has 0 aliphatic heterocycles. The first-order valence-electron chi connectivity index (χ1n) is 9.08. The molecule has 1 aliphatic carbocycles. The van der Waals surface area contributed by atoms with Crippen LogP contribution in [0.15, 0.2) is 53.4 Å². The van der Waals surface area contributed by atoms with E-state index in [0.717, 1.165) is 31.2 Å². The minimum atomic E-state index is -3.85. The van der Waals surface area contributed by atoms with Crippen molar-refractivity contribution in [2.45, 2.75) is 49.6 Å². The van der Waals surface area contributed by atoms with E-state index in [0.29, 0.717) is 5.69 Å². The first kappa shape index (κ1) is 19.4. The molecular weight excluding hydrogens is 364 g/mol. The third-order valence-electron chi connectivity index (χ3n) is 4.88. The molecule has 0 heterocycles. The number of carboxylic acids is 1. The van der Waals surface area contributed by atoms with Crippen molar-refractivity contribution in [3.63, 3.8) is 0 Å². The van der Waals surface area contributed by atoms with E-state index in [1.165, 1.54) is 12.1 Å². The normalized spacial score (nSPS) is 16.2. The Balaban J connectivity index is 1.84. The number of rotatable bonds is 7. The molecule has 2 aromatic carbocycles. The summed E-state index contributed by atoms with van der Waals surface area (Å²) in [6.45, 7) is 1.75. The highest BCUT2D eigenvalue weighted by Gasteiger charge is 2.23. The Morgan fingerprint density at radius 2 is 1.78 bits per heavy atom. The molecule has 0 saturated heterocycles. The molecule has 0 radical (unpaired) electrons. The maximum Gasteiger partial charge on any atom is 0.337 e. The monoisotopic (exact) mass is 388 g/mol. The van der Waals surface area contributed by atoms with Crippen molar-refractivity contribution in [2.75, 3.05) is 5.32 Å². The number of benzene rings is 2. The molecule has 0 bridgehead atoms. The maximum absolute atomic E-state index is 12.7. The van der Waals surface area contributed by atoms with E-state index in [-0.39, 0.29) is 16.5 Å². The van der Waals surface area contributed by atoms with Gasteiger partial charge >= 0.3 is 5.97 Å². The molecule has 1 saturated carbocycles. The lowest BCUT2D eigenvalue weighted by molar-refractivity contribution is 0.0697. The van der Waals surface area contributed by atoms with Gasteiger partial charge in [-0.3, -0.25) is 0 Å². The predicted molar refractivity (Wildman–Crippen MR) is 104 cm³/mol. The number of carbonyl (C=O) groups is 1. The quantitative estimate of drug-likeness (QED) is 0.671. The van der Waals surface area contributed by atoms with Gasteiger partial charge in [0.25, 0.3) is 0 Å². The van der Waals surface area contributed by atoms with Crippen LogP contribution >= 0.6 is 0 Å². The maximum atomic E-state index is 12.7. The van der Waals surface area contributed by atoms with Crippen LogP contribution in [0.5, 0.6) is 0 Å². The van der Waals surface area contributed by atoms with Gasteiger partial charge in [-0.15, -0.1) is 0 Å². The molecule has 27 heavy (non-hydrogen) atoms. The molecule has 6 nitrogen and oxygen atoms in total. The van der Waals surface area contributed by atoms with E-state index < -0.39 is 22.0 Å². The third-order valence-corrected chi connectivity index (χ3v) is 6.42. The molecule has 0 spiro atoms. The van der Waals surface area contributed by atoms with Crippen molar-refractivity contribution >= 4 is 21.7 Å². The number of hydrogen-bond acceptors (Lipinski definition) is 4. The lowest BCUT2D eigenvalue weighted by atomic mass is 10.1. The summed E-state index contributed by atoms with van der Waals surface area (Å²) in [6.07, 6.45) is 4.23. The molecule has 0 aromatic heterocycles. The second-order valence-electron chi connectivity index (χ2n) is 6.89. The van der Waals surface area contributed by atoms with Crippen LogP contribution in [0.2, 0.25) is 0 Å². The summed E-state index contributed by atoms with van der Waals surface area (Å²) in [6, 6.07) is 13.2. The summed E-state index contributed by atoms with van der Waals surface area (Å²) in [5.74, 6) is -1.15. The SMILES string of the molecule is CC(NS(=O)(=O)c1ccc(NC2CCCC2)c(C(=O)O)c1)c1ccccc1. The molecule has 1 fully saturated rings. The molecule has 1 atom stereocenters.